The van der Waals surface area contributed by atoms with E-state index in [1.54, 1.807) is 18.6 Å². The highest BCUT2D eigenvalue weighted by atomic mass is 31.0. The van der Waals surface area contributed by atoms with Crippen LogP contribution in [0.15, 0.2) is 24.9 Å². The van der Waals surface area contributed by atoms with Crippen LogP contribution in [-0.4, -0.2) is 19.9 Å². The van der Waals surface area contributed by atoms with Gasteiger partial charge in [-0.05, 0) is 0 Å². The summed E-state index contributed by atoms with van der Waals surface area (Å²) in [5, 5.41) is 0. The van der Waals surface area contributed by atoms with Gasteiger partial charge in [-0.1, -0.05) is 0 Å². The van der Waals surface area contributed by atoms with Gasteiger partial charge in [-0.3, -0.25) is 0 Å². The van der Waals surface area contributed by atoms with E-state index in [1.807, 2.05) is 0 Å². The standard InChI is InChI=1S/C6H4N4.H3P/c1-2-9-6-5(8-1)3-7-4-10-6;/h1-4H;1H3. The van der Waals surface area contributed by atoms with E-state index in [9.17, 15) is 0 Å². The number of fused-ring (bicyclic) bond motifs is 1. The number of hydrogen-bond acceptors (Lipinski definition) is 4. The summed E-state index contributed by atoms with van der Waals surface area (Å²) in [4.78, 5) is 15.7. The van der Waals surface area contributed by atoms with Crippen molar-refractivity contribution in [2.75, 3.05) is 0 Å². The Morgan fingerprint density at radius 1 is 1.00 bits per heavy atom. The van der Waals surface area contributed by atoms with Gasteiger partial charge in [0.2, 0.25) is 0 Å². The first-order chi connectivity index (χ1) is 4.97. The highest BCUT2D eigenvalue weighted by Gasteiger charge is 1.90. The Bertz CT molecular complexity index is 286. The van der Waals surface area contributed by atoms with Crippen LogP contribution < -0.4 is 0 Å². The predicted octanol–water partition coefficient (Wildman–Crippen LogP) is 0.478. The van der Waals surface area contributed by atoms with Crippen LogP contribution in [-0.2, 0) is 0 Å². The zero-order chi connectivity index (χ0) is 6.81. The van der Waals surface area contributed by atoms with Crippen LogP contribution in [0.4, 0.5) is 0 Å². The molecule has 2 rings (SSSR count). The Morgan fingerprint density at radius 2 is 1.82 bits per heavy atom. The molecule has 0 saturated carbocycles. The van der Waals surface area contributed by atoms with E-state index in [1.165, 1.54) is 6.33 Å². The summed E-state index contributed by atoms with van der Waals surface area (Å²) in [5.41, 5.74) is 1.36. The number of nitrogens with zero attached hydrogens (tertiary/aromatic N) is 4. The maximum Gasteiger partial charge on any atom is 0.181 e. The average molecular weight is 166 g/mol. The summed E-state index contributed by atoms with van der Waals surface area (Å²) in [6, 6.07) is 0. The summed E-state index contributed by atoms with van der Waals surface area (Å²) < 4.78 is 0. The minimum absolute atomic E-state index is 0. The molecule has 0 fully saturated rings. The predicted molar refractivity (Wildman–Crippen MR) is 46.2 cm³/mol. The summed E-state index contributed by atoms with van der Waals surface area (Å²) in [5.74, 6) is 0. The molecule has 0 radical (unpaired) electrons. The van der Waals surface area contributed by atoms with E-state index in [0.717, 1.165) is 5.52 Å². The smallest absolute Gasteiger partial charge is 0.181 e. The minimum atomic E-state index is 0. The quantitative estimate of drug-likeness (QED) is 0.534. The summed E-state index contributed by atoms with van der Waals surface area (Å²) in [6.45, 7) is 0. The maximum absolute atomic E-state index is 3.99. The Balaban J connectivity index is 0.000000605. The molecule has 4 nitrogen and oxygen atoms in total. The zero-order valence-corrected chi connectivity index (χ0v) is 7.22. The van der Waals surface area contributed by atoms with Crippen molar-refractivity contribution in [3.05, 3.63) is 24.9 Å². The van der Waals surface area contributed by atoms with E-state index < -0.39 is 0 Å². The van der Waals surface area contributed by atoms with Gasteiger partial charge in [0, 0.05) is 12.4 Å². The van der Waals surface area contributed by atoms with Crippen molar-refractivity contribution in [2.24, 2.45) is 0 Å². The molecule has 1 atom stereocenters. The second kappa shape index (κ2) is 3.30. The Labute approximate surface area is 66.7 Å². The lowest BCUT2D eigenvalue weighted by atomic mass is 10.5. The lowest BCUT2D eigenvalue weighted by Crippen LogP contribution is -1.85. The van der Waals surface area contributed by atoms with Gasteiger partial charge < -0.3 is 0 Å². The van der Waals surface area contributed by atoms with Crippen LogP contribution in [0.2, 0.25) is 0 Å². The van der Waals surface area contributed by atoms with Gasteiger partial charge in [-0.25, -0.2) is 19.9 Å². The molecular formula is C6H7N4P. The third-order valence-corrected chi connectivity index (χ3v) is 1.15. The molecule has 1 unspecified atom stereocenters. The first-order valence-corrected chi connectivity index (χ1v) is 2.83. The number of rotatable bonds is 0. The van der Waals surface area contributed by atoms with Gasteiger partial charge in [0.1, 0.15) is 11.8 Å². The van der Waals surface area contributed by atoms with Gasteiger partial charge in [0.25, 0.3) is 0 Å². The molecule has 56 valence electrons. The van der Waals surface area contributed by atoms with Crippen LogP contribution in [0.25, 0.3) is 11.2 Å². The van der Waals surface area contributed by atoms with E-state index >= 15 is 0 Å². The fourth-order valence-electron chi connectivity index (χ4n) is 0.724. The van der Waals surface area contributed by atoms with Crippen molar-refractivity contribution in [1.82, 2.24) is 19.9 Å². The number of aromatic nitrogens is 4. The monoisotopic (exact) mass is 166 g/mol. The molecule has 0 aliphatic heterocycles. The molecule has 2 aromatic rings. The van der Waals surface area contributed by atoms with Crippen molar-refractivity contribution in [3.8, 4) is 0 Å². The lowest BCUT2D eigenvalue weighted by molar-refractivity contribution is 1.15. The second-order valence-corrected chi connectivity index (χ2v) is 1.79. The van der Waals surface area contributed by atoms with Crippen LogP contribution in [0.5, 0.6) is 0 Å². The third kappa shape index (κ3) is 1.46. The van der Waals surface area contributed by atoms with Crippen LogP contribution in [0.1, 0.15) is 0 Å². The molecule has 0 saturated heterocycles. The Kier molecular flexibility index (Phi) is 2.39. The normalized spacial score (nSPS) is 9.09. The lowest BCUT2D eigenvalue weighted by Gasteiger charge is -1.89. The van der Waals surface area contributed by atoms with Crippen molar-refractivity contribution in [3.63, 3.8) is 0 Å². The van der Waals surface area contributed by atoms with E-state index in [0.29, 0.717) is 5.65 Å². The molecule has 2 aromatic heterocycles. The highest BCUT2D eigenvalue weighted by molar-refractivity contribution is 6.92. The number of hydrogen-bond donors (Lipinski definition) is 0. The SMILES string of the molecule is P.c1cnc2ncncc2n1. The van der Waals surface area contributed by atoms with E-state index in [-0.39, 0.29) is 9.90 Å². The molecule has 0 aliphatic rings. The molecule has 0 spiro atoms. The van der Waals surface area contributed by atoms with Gasteiger partial charge in [0.05, 0.1) is 6.20 Å². The first-order valence-electron chi connectivity index (χ1n) is 2.83. The van der Waals surface area contributed by atoms with Gasteiger partial charge in [-0.15, -0.1) is 0 Å². The average Bonchev–Trinajstić information content (AvgIpc) is 2.05. The van der Waals surface area contributed by atoms with E-state index in [2.05, 4.69) is 19.9 Å². The van der Waals surface area contributed by atoms with Gasteiger partial charge in [0.15, 0.2) is 5.65 Å². The molecule has 0 aliphatic carbocycles. The van der Waals surface area contributed by atoms with Crippen molar-refractivity contribution < 1.29 is 0 Å². The summed E-state index contributed by atoms with van der Waals surface area (Å²) >= 11 is 0. The fourth-order valence-corrected chi connectivity index (χ4v) is 0.724. The van der Waals surface area contributed by atoms with Gasteiger partial charge >= 0.3 is 0 Å². The molecule has 0 amide bonds. The topological polar surface area (TPSA) is 51.6 Å². The maximum atomic E-state index is 3.99. The third-order valence-electron chi connectivity index (χ3n) is 1.15. The summed E-state index contributed by atoms with van der Waals surface area (Å²) in [6.07, 6.45) is 6.31. The van der Waals surface area contributed by atoms with E-state index in [4.69, 9.17) is 0 Å². The highest BCUT2D eigenvalue weighted by Crippen LogP contribution is 1.98. The van der Waals surface area contributed by atoms with Crippen LogP contribution in [0, 0.1) is 0 Å². The first kappa shape index (κ1) is 7.95. The van der Waals surface area contributed by atoms with Crippen LogP contribution >= 0.6 is 9.90 Å². The van der Waals surface area contributed by atoms with Gasteiger partial charge in [-0.2, -0.15) is 9.90 Å². The van der Waals surface area contributed by atoms with Crippen molar-refractivity contribution in [1.29, 1.82) is 0 Å². The molecule has 2 heterocycles. The molecule has 0 aromatic carbocycles. The molecule has 0 bridgehead atoms. The molecular weight excluding hydrogens is 159 g/mol. The molecule has 0 N–H and O–H groups in total. The minimum Gasteiger partial charge on any atom is -0.250 e. The summed E-state index contributed by atoms with van der Waals surface area (Å²) in [7, 11) is 0. The molecule has 5 heteroatoms. The zero-order valence-electron chi connectivity index (χ0n) is 5.81. The largest absolute Gasteiger partial charge is 0.250 e. The molecule has 11 heavy (non-hydrogen) atoms. The van der Waals surface area contributed by atoms with Crippen molar-refractivity contribution in [2.45, 2.75) is 0 Å². The fraction of sp³-hybridized carbons (Fsp3) is 0. The Hall–Kier alpha value is -1.15. The second-order valence-electron chi connectivity index (χ2n) is 1.79. The van der Waals surface area contributed by atoms with Crippen molar-refractivity contribution >= 4 is 21.1 Å². The van der Waals surface area contributed by atoms with Crippen LogP contribution in [0.3, 0.4) is 0 Å². The Morgan fingerprint density at radius 3 is 2.64 bits per heavy atom.